The summed E-state index contributed by atoms with van der Waals surface area (Å²) in [6.45, 7) is 0. The van der Waals surface area contributed by atoms with E-state index >= 15 is 0 Å². The maximum absolute atomic E-state index is 13.9. The number of nitrogens with two attached hydrogens (primary N) is 1. The van der Waals surface area contributed by atoms with Crippen molar-refractivity contribution >= 4 is 27.3 Å². The van der Waals surface area contributed by atoms with Crippen LogP contribution < -0.4 is 10.5 Å². The summed E-state index contributed by atoms with van der Waals surface area (Å²) in [6.07, 6.45) is 1.92. The first-order valence-electron chi connectivity index (χ1n) is 6.26. The van der Waals surface area contributed by atoms with Gasteiger partial charge in [-0.1, -0.05) is 24.4 Å². The molecule has 8 heteroatoms. The van der Waals surface area contributed by atoms with Crippen LogP contribution in [0.5, 0.6) is 0 Å². The molecule has 0 radical (unpaired) electrons. The van der Waals surface area contributed by atoms with Gasteiger partial charge in [0.15, 0.2) is 5.82 Å². The third kappa shape index (κ3) is 3.22. The zero-order valence-corrected chi connectivity index (χ0v) is 12.2. The molecule has 0 aromatic heterocycles. The fourth-order valence-electron chi connectivity index (χ4n) is 2.29. The summed E-state index contributed by atoms with van der Waals surface area (Å²) in [5, 5.41) is 9.43. The summed E-state index contributed by atoms with van der Waals surface area (Å²) >= 11 is 5.60. The summed E-state index contributed by atoms with van der Waals surface area (Å²) in [5.41, 5.74) is 5.55. The number of aliphatic hydroxyl groups excluding tert-OH is 1. The second kappa shape index (κ2) is 5.85. The minimum absolute atomic E-state index is 0.0565. The second-order valence-corrected chi connectivity index (χ2v) is 6.98. The van der Waals surface area contributed by atoms with E-state index in [9.17, 15) is 17.9 Å². The van der Waals surface area contributed by atoms with Crippen molar-refractivity contribution in [3.63, 3.8) is 0 Å². The molecule has 1 fully saturated rings. The molecular formula is C12H16ClFN2O3S. The molecule has 112 valence electrons. The van der Waals surface area contributed by atoms with E-state index in [0.29, 0.717) is 12.8 Å². The minimum Gasteiger partial charge on any atom is -0.399 e. The van der Waals surface area contributed by atoms with Crippen LogP contribution in [0.4, 0.5) is 10.1 Å². The van der Waals surface area contributed by atoms with Crippen molar-refractivity contribution in [3.05, 3.63) is 23.0 Å². The molecule has 2 atom stereocenters. The molecule has 1 aromatic carbocycles. The minimum atomic E-state index is -4.12. The highest BCUT2D eigenvalue weighted by Crippen LogP contribution is 2.27. The number of hydrogen-bond acceptors (Lipinski definition) is 4. The van der Waals surface area contributed by atoms with E-state index in [4.69, 9.17) is 17.3 Å². The zero-order chi connectivity index (χ0) is 14.9. The van der Waals surface area contributed by atoms with Crippen LogP contribution in [0.2, 0.25) is 5.02 Å². The highest BCUT2D eigenvalue weighted by molar-refractivity contribution is 7.89. The molecular weight excluding hydrogens is 307 g/mol. The Morgan fingerprint density at radius 3 is 2.65 bits per heavy atom. The molecule has 2 rings (SSSR count). The number of aliphatic hydroxyl groups is 1. The van der Waals surface area contributed by atoms with Crippen molar-refractivity contribution in [2.45, 2.75) is 42.7 Å². The monoisotopic (exact) mass is 322 g/mol. The van der Waals surface area contributed by atoms with Crippen LogP contribution in [-0.2, 0) is 10.0 Å². The molecule has 0 saturated heterocycles. The van der Waals surface area contributed by atoms with Crippen LogP contribution in [-0.4, -0.2) is 25.7 Å². The lowest BCUT2D eigenvalue weighted by Crippen LogP contribution is -2.45. The van der Waals surface area contributed by atoms with E-state index in [1.54, 1.807) is 0 Å². The lowest BCUT2D eigenvalue weighted by Gasteiger charge is -2.28. The maximum Gasteiger partial charge on any atom is 0.243 e. The topological polar surface area (TPSA) is 92.4 Å². The fraction of sp³-hybridized carbons (Fsp3) is 0.500. The number of rotatable bonds is 3. The van der Waals surface area contributed by atoms with Crippen LogP contribution in [0.1, 0.15) is 25.7 Å². The molecule has 0 spiro atoms. The molecule has 0 unspecified atom stereocenters. The lowest BCUT2D eigenvalue weighted by molar-refractivity contribution is 0.101. The van der Waals surface area contributed by atoms with Gasteiger partial charge in [-0.05, 0) is 25.0 Å². The van der Waals surface area contributed by atoms with E-state index < -0.39 is 32.9 Å². The van der Waals surface area contributed by atoms with Crippen LogP contribution >= 0.6 is 11.6 Å². The summed E-state index contributed by atoms with van der Waals surface area (Å²) < 4.78 is 40.6. The van der Waals surface area contributed by atoms with Crippen molar-refractivity contribution in [2.75, 3.05) is 5.73 Å². The Morgan fingerprint density at radius 2 is 2.00 bits per heavy atom. The normalized spacial score (nSPS) is 23.8. The molecule has 0 bridgehead atoms. The average molecular weight is 323 g/mol. The van der Waals surface area contributed by atoms with E-state index in [2.05, 4.69) is 4.72 Å². The molecule has 20 heavy (non-hydrogen) atoms. The number of benzene rings is 1. The summed E-state index contributed by atoms with van der Waals surface area (Å²) in [4.78, 5) is -0.597. The number of nitrogen functional groups attached to an aromatic ring is 1. The molecule has 1 aliphatic rings. The van der Waals surface area contributed by atoms with Gasteiger partial charge in [-0.2, -0.15) is 0 Å². The number of halogens is 2. The van der Waals surface area contributed by atoms with E-state index in [-0.39, 0.29) is 10.7 Å². The van der Waals surface area contributed by atoms with Crippen molar-refractivity contribution in [3.8, 4) is 0 Å². The predicted molar refractivity (Wildman–Crippen MR) is 74.4 cm³/mol. The van der Waals surface area contributed by atoms with Crippen molar-refractivity contribution < 1.29 is 17.9 Å². The van der Waals surface area contributed by atoms with E-state index in [0.717, 1.165) is 25.0 Å². The second-order valence-electron chi connectivity index (χ2n) is 4.89. The van der Waals surface area contributed by atoms with Gasteiger partial charge in [0.05, 0.1) is 11.1 Å². The first kappa shape index (κ1) is 15.5. The third-order valence-electron chi connectivity index (χ3n) is 3.34. The van der Waals surface area contributed by atoms with Crippen molar-refractivity contribution in [1.82, 2.24) is 4.72 Å². The van der Waals surface area contributed by atoms with E-state index in [1.165, 1.54) is 0 Å². The Hall–Kier alpha value is -0.890. The van der Waals surface area contributed by atoms with Gasteiger partial charge in [-0.15, -0.1) is 0 Å². The summed E-state index contributed by atoms with van der Waals surface area (Å²) in [7, 11) is -4.12. The van der Waals surface area contributed by atoms with Crippen LogP contribution in [0, 0.1) is 5.82 Å². The Bertz CT molecular complexity index is 609. The van der Waals surface area contributed by atoms with Gasteiger partial charge in [-0.25, -0.2) is 17.5 Å². The van der Waals surface area contributed by atoms with Crippen molar-refractivity contribution in [1.29, 1.82) is 0 Å². The maximum atomic E-state index is 13.9. The Balaban J connectivity index is 2.31. The van der Waals surface area contributed by atoms with Gasteiger partial charge >= 0.3 is 0 Å². The molecule has 1 saturated carbocycles. The van der Waals surface area contributed by atoms with Gasteiger partial charge in [0, 0.05) is 11.7 Å². The third-order valence-corrected chi connectivity index (χ3v) is 5.11. The van der Waals surface area contributed by atoms with Crippen LogP contribution in [0.15, 0.2) is 17.0 Å². The summed E-state index contributed by atoms with van der Waals surface area (Å²) in [6, 6.07) is 1.54. The first-order chi connectivity index (χ1) is 9.31. The molecule has 1 aromatic rings. The van der Waals surface area contributed by atoms with Gasteiger partial charge in [0.1, 0.15) is 4.90 Å². The van der Waals surface area contributed by atoms with Crippen molar-refractivity contribution in [2.24, 2.45) is 0 Å². The SMILES string of the molecule is Nc1cc(Cl)c(F)c(S(=O)(=O)N[C@@H]2CCCC[C@H]2O)c1. The highest BCUT2D eigenvalue weighted by Gasteiger charge is 2.30. The largest absolute Gasteiger partial charge is 0.399 e. The van der Waals surface area contributed by atoms with Gasteiger partial charge in [0.25, 0.3) is 0 Å². The Morgan fingerprint density at radius 1 is 1.35 bits per heavy atom. The van der Waals surface area contributed by atoms with Gasteiger partial charge < -0.3 is 10.8 Å². The zero-order valence-electron chi connectivity index (χ0n) is 10.6. The lowest BCUT2D eigenvalue weighted by atomic mass is 9.93. The molecule has 4 N–H and O–H groups in total. The first-order valence-corrected chi connectivity index (χ1v) is 8.12. The Kier molecular flexibility index (Phi) is 4.53. The van der Waals surface area contributed by atoms with E-state index in [1.807, 2.05) is 0 Å². The molecule has 5 nitrogen and oxygen atoms in total. The predicted octanol–water partition coefficient (Wildman–Crippen LogP) is 1.64. The quantitative estimate of drug-likeness (QED) is 0.738. The Labute approximate surface area is 122 Å². The summed E-state index contributed by atoms with van der Waals surface area (Å²) in [5.74, 6) is -1.04. The van der Waals surface area contributed by atoms with Crippen LogP contribution in [0.3, 0.4) is 0 Å². The average Bonchev–Trinajstić information content (AvgIpc) is 2.36. The highest BCUT2D eigenvalue weighted by atomic mass is 35.5. The van der Waals surface area contributed by atoms with Gasteiger partial charge in [0.2, 0.25) is 10.0 Å². The number of sulfonamides is 1. The molecule has 0 amide bonds. The standard InChI is InChI=1S/C12H16ClFN2O3S/c13-8-5-7(15)6-11(12(8)14)20(18,19)16-9-3-1-2-4-10(9)17/h5-6,9-10,16-17H,1-4,15H2/t9-,10-/m1/s1. The number of anilines is 1. The fourth-order valence-corrected chi connectivity index (χ4v) is 4.01. The van der Waals surface area contributed by atoms with Crippen LogP contribution in [0.25, 0.3) is 0 Å². The number of nitrogens with one attached hydrogen (secondary N) is 1. The smallest absolute Gasteiger partial charge is 0.243 e. The number of hydrogen-bond donors (Lipinski definition) is 3. The van der Waals surface area contributed by atoms with Gasteiger partial charge in [-0.3, -0.25) is 0 Å². The molecule has 1 aliphatic carbocycles. The molecule has 0 heterocycles. The molecule has 0 aliphatic heterocycles.